The minimum Gasteiger partial charge on any atom is -0.457 e. The molecule has 1 aromatic heterocycles. The number of rotatable bonds is 6. The number of fused-ring (bicyclic) bond motifs is 1. The first-order valence-corrected chi connectivity index (χ1v) is 13.2. The van der Waals surface area contributed by atoms with Crippen molar-refractivity contribution in [2.45, 2.75) is 20.8 Å². The second-order valence-electron chi connectivity index (χ2n) is 10.2. The molecular formula is C34H32N4O. The summed E-state index contributed by atoms with van der Waals surface area (Å²) in [6.45, 7) is 7.22. The van der Waals surface area contributed by atoms with Crippen LogP contribution in [0, 0.1) is 20.8 Å². The van der Waals surface area contributed by atoms with E-state index in [1.165, 1.54) is 22.5 Å². The molecule has 0 radical (unpaired) electrons. The lowest BCUT2D eigenvalue weighted by atomic mass is 10.1. The molecule has 1 aliphatic heterocycles. The predicted molar refractivity (Wildman–Crippen MR) is 161 cm³/mol. The van der Waals surface area contributed by atoms with Crippen molar-refractivity contribution in [3.63, 3.8) is 0 Å². The van der Waals surface area contributed by atoms with Crippen molar-refractivity contribution in [3.05, 3.63) is 126 Å². The predicted octanol–water partition coefficient (Wildman–Crippen LogP) is 8.81. The number of hydrogen-bond donors (Lipinski definition) is 0. The lowest BCUT2D eigenvalue weighted by Gasteiger charge is -2.25. The molecule has 0 aliphatic carbocycles. The van der Waals surface area contributed by atoms with Gasteiger partial charge in [0, 0.05) is 36.8 Å². The molecule has 2 heterocycles. The van der Waals surface area contributed by atoms with Crippen LogP contribution in [0.2, 0.25) is 0 Å². The van der Waals surface area contributed by atoms with Gasteiger partial charge in [0.1, 0.15) is 17.3 Å². The number of para-hydroxylation sites is 1. The van der Waals surface area contributed by atoms with E-state index in [1.54, 1.807) is 0 Å². The third-order valence-electron chi connectivity index (χ3n) is 7.23. The van der Waals surface area contributed by atoms with E-state index in [9.17, 15) is 0 Å². The fraction of sp³-hybridized carbons (Fsp3) is 0.147. The number of aryl methyl sites for hydroxylation is 3. The SMILES string of the molecule is Cc1ccnc(N(c2ccccc2)c2cccc(Oc3cccc(N4CN(C)c5cc(C)c(C)cc54)c3)c2)c1. The van der Waals surface area contributed by atoms with Gasteiger partial charge >= 0.3 is 0 Å². The number of hydrogen-bond acceptors (Lipinski definition) is 5. The summed E-state index contributed by atoms with van der Waals surface area (Å²) in [7, 11) is 2.14. The number of benzene rings is 4. The highest BCUT2D eigenvalue weighted by Gasteiger charge is 2.25. The molecule has 5 heteroatoms. The number of ether oxygens (including phenoxy) is 1. The van der Waals surface area contributed by atoms with Gasteiger partial charge in [-0.15, -0.1) is 0 Å². The monoisotopic (exact) mass is 512 g/mol. The van der Waals surface area contributed by atoms with E-state index in [-0.39, 0.29) is 0 Å². The Morgan fingerprint density at radius 3 is 2.15 bits per heavy atom. The van der Waals surface area contributed by atoms with E-state index in [1.807, 2.05) is 48.7 Å². The quantitative estimate of drug-likeness (QED) is 0.227. The van der Waals surface area contributed by atoms with Gasteiger partial charge in [-0.2, -0.15) is 0 Å². The van der Waals surface area contributed by atoms with Crippen LogP contribution in [0.25, 0.3) is 0 Å². The Hall–Kier alpha value is -4.77. The second kappa shape index (κ2) is 10.2. The van der Waals surface area contributed by atoms with Crippen LogP contribution < -0.4 is 19.4 Å². The highest BCUT2D eigenvalue weighted by molar-refractivity contribution is 5.83. The van der Waals surface area contributed by atoms with Crippen LogP contribution >= 0.6 is 0 Å². The molecule has 39 heavy (non-hydrogen) atoms. The van der Waals surface area contributed by atoms with Crippen LogP contribution in [0.1, 0.15) is 16.7 Å². The first-order chi connectivity index (χ1) is 19.0. The molecule has 6 rings (SSSR count). The summed E-state index contributed by atoms with van der Waals surface area (Å²) in [5.41, 5.74) is 9.36. The summed E-state index contributed by atoms with van der Waals surface area (Å²) in [6, 6.07) is 35.4. The van der Waals surface area contributed by atoms with E-state index in [2.05, 4.69) is 108 Å². The van der Waals surface area contributed by atoms with E-state index in [4.69, 9.17) is 4.74 Å². The van der Waals surface area contributed by atoms with E-state index in [0.29, 0.717) is 0 Å². The lowest BCUT2D eigenvalue weighted by molar-refractivity contribution is 0.483. The van der Waals surface area contributed by atoms with Crippen LogP contribution in [0.5, 0.6) is 11.5 Å². The molecule has 0 N–H and O–H groups in total. The minimum absolute atomic E-state index is 0.767. The number of aromatic nitrogens is 1. The highest BCUT2D eigenvalue weighted by atomic mass is 16.5. The van der Waals surface area contributed by atoms with Crippen LogP contribution in [0.3, 0.4) is 0 Å². The largest absolute Gasteiger partial charge is 0.457 e. The number of anilines is 6. The van der Waals surface area contributed by atoms with Gasteiger partial charge in [-0.05, 0) is 98.1 Å². The Morgan fingerprint density at radius 1 is 0.692 bits per heavy atom. The molecule has 5 aromatic rings. The average Bonchev–Trinajstić information content (AvgIpc) is 3.25. The zero-order valence-corrected chi connectivity index (χ0v) is 22.8. The van der Waals surface area contributed by atoms with Crippen LogP contribution in [0.15, 0.2) is 109 Å². The molecule has 0 saturated heterocycles. The van der Waals surface area contributed by atoms with Gasteiger partial charge in [0.15, 0.2) is 0 Å². The fourth-order valence-corrected chi connectivity index (χ4v) is 5.06. The third kappa shape index (κ3) is 4.91. The Kier molecular flexibility index (Phi) is 6.41. The Bertz CT molecular complexity index is 1630. The van der Waals surface area contributed by atoms with Crippen LogP contribution in [0.4, 0.5) is 34.3 Å². The van der Waals surface area contributed by atoms with E-state index < -0.39 is 0 Å². The molecule has 1 aliphatic rings. The van der Waals surface area contributed by atoms with Crippen molar-refractivity contribution in [3.8, 4) is 11.5 Å². The molecule has 4 aromatic carbocycles. The third-order valence-corrected chi connectivity index (χ3v) is 7.23. The smallest absolute Gasteiger partial charge is 0.137 e. The van der Waals surface area contributed by atoms with Gasteiger partial charge in [-0.25, -0.2) is 4.98 Å². The topological polar surface area (TPSA) is 31.8 Å². The zero-order valence-electron chi connectivity index (χ0n) is 22.8. The summed E-state index contributed by atoms with van der Waals surface area (Å²) >= 11 is 0. The van der Waals surface area contributed by atoms with Crippen molar-refractivity contribution in [2.24, 2.45) is 0 Å². The van der Waals surface area contributed by atoms with Crippen molar-refractivity contribution in [1.82, 2.24) is 4.98 Å². The summed E-state index contributed by atoms with van der Waals surface area (Å²) in [4.78, 5) is 11.5. The standard InChI is InChI=1S/C34H32N4O/c1-24-16-17-35-34(18-24)38(27-10-6-5-7-11-27)29-13-9-15-31(22-29)39-30-14-8-12-28(21-30)37-23-36(4)32-19-25(2)26(3)20-33(32)37/h5-22H,23H2,1-4H3. The van der Waals surface area contributed by atoms with Gasteiger partial charge in [0.25, 0.3) is 0 Å². The van der Waals surface area contributed by atoms with Crippen molar-refractivity contribution in [1.29, 1.82) is 0 Å². The van der Waals surface area contributed by atoms with Crippen molar-refractivity contribution < 1.29 is 4.74 Å². The molecule has 0 saturated carbocycles. The molecule has 194 valence electrons. The average molecular weight is 513 g/mol. The summed E-state index contributed by atoms with van der Waals surface area (Å²) in [5, 5.41) is 0. The second-order valence-corrected chi connectivity index (χ2v) is 10.2. The van der Waals surface area contributed by atoms with E-state index >= 15 is 0 Å². The Balaban J connectivity index is 1.32. The molecule has 0 atom stereocenters. The summed E-state index contributed by atoms with van der Waals surface area (Å²) in [6.07, 6.45) is 1.85. The first-order valence-electron chi connectivity index (χ1n) is 13.2. The number of nitrogens with zero attached hydrogens (tertiary/aromatic N) is 4. The lowest BCUT2D eigenvalue weighted by Crippen LogP contribution is -2.23. The molecule has 0 unspecified atom stereocenters. The molecule has 5 nitrogen and oxygen atoms in total. The Labute approximate surface area is 230 Å². The van der Waals surface area contributed by atoms with Crippen LogP contribution in [-0.2, 0) is 0 Å². The maximum atomic E-state index is 6.44. The molecular weight excluding hydrogens is 480 g/mol. The maximum Gasteiger partial charge on any atom is 0.137 e. The summed E-state index contributed by atoms with van der Waals surface area (Å²) in [5.74, 6) is 2.43. The zero-order chi connectivity index (χ0) is 26.9. The Morgan fingerprint density at radius 2 is 1.38 bits per heavy atom. The highest BCUT2D eigenvalue weighted by Crippen LogP contribution is 2.42. The van der Waals surface area contributed by atoms with E-state index in [0.717, 1.165) is 46.6 Å². The van der Waals surface area contributed by atoms with Gasteiger partial charge < -0.3 is 14.5 Å². The first kappa shape index (κ1) is 24.6. The van der Waals surface area contributed by atoms with Gasteiger partial charge in [0.2, 0.25) is 0 Å². The molecule has 0 fully saturated rings. The molecule has 0 bridgehead atoms. The van der Waals surface area contributed by atoms with Gasteiger partial charge in [-0.1, -0.05) is 30.3 Å². The normalized spacial score (nSPS) is 12.4. The fourth-order valence-electron chi connectivity index (χ4n) is 5.06. The van der Waals surface area contributed by atoms with Crippen molar-refractivity contribution in [2.75, 3.05) is 28.4 Å². The van der Waals surface area contributed by atoms with Gasteiger partial charge in [0.05, 0.1) is 23.7 Å². The van der Waals surface area contributed by atoms with Crippen LogP contribution in [-0.4, -0.2) is 18.7 Å². The molecule has 0 spiro atoms. The van der Waals surface area contributed by atoms with Gasteiger partial charge in [-0.3, -0.25) is 4.90 Å². The van der Waals surface area contributed by atoms with Crippen molar-refractivity contribution >= 4 is 34.3 Å². The number of pyridine rings is 1. The minimum atomic E-state index is 0.767. The maximum absolute atomic E-state index is 6.44. The molecule has 0 amide bonds. The summed E-state index contributed by atoms with van der Waals surface area (Å²) < 4.78 is 6.44.